The summed E-state index contributed by atoms with van der Waals surface area (Å²) in [6.07, 6.45) is 0. The maximum absolute atomic E-state index is 12.8. The van der Waals surface area contributed by atoms with Gasteiger partial charge in [-0.2, -0.15) is 0 Å². The van der Waals surface area contributed by atoms with Crippen molar-refractivity contribution < 1.29 is 28.5 Å². The second-order valence-electron chi connectivity index (χ2n) is 7.21. The minimum atomic E-state index is -0.339. The normalized spacial score (nSPS) is 11.9. The van der Waals surface area contributed by atoms with E-state index in [4.69, 9.17) is 18.9 Å². The van der Waals surface area contributed by atoms with Gasteiger partial charge in [0.15, 0.2) is 11.5 Å². The fourth-order valence-corrected chi connectivity index (χ4v) is 4.07. The summed E-state index contributed by atoms with van der Waals surface area (Å²) in [5.74, 6) is 1.91. The highest BCUT2D eigenvalue weighted by molar-refractivity contribution is 8.00. The van der Waals surface area contributed by atoms with Crippen molar-refractivity contribution in [3.05, 3.63) is 66.2 Å². The lowest BCUT2D eigenvalue weighted by Gasteiger charge is -2.19. The van der Waals surface area contributed by atoms with Gasteiger partial charge in [-0.15, -0.1) is 11.8 Å². The molecule has 34 heavy (non-hydrogen) atoms. The topological polar surface area (TPSA) is 95.1 Å². The van der Waals surface area contributed by atoms with E-state index in [1.54, 1.807) is 48.5 Å². The third kappa shape index (κ3) is 5.55. The number of fused-ring (bicyclic) bond motifs is 1. The quantitative estimate of drug-likeness (QED) is 0.460. The van der Waals surface area contributed by atoms with Crippen LogP contribution < -0.4 is 29.6 Å². The van der Waals surface area contributed by atoms with Gasteiger partial charge in [-0.25, -0.2) is 0 Å². The number of amides is 2. The molecule has 4 rings (SSSR count). The van der Waals surface area contributed by atoms with E-state index in [1.807, 2.05) is 12.1 Å². The lowest BCUT2D eigenvalue weighted by atomic mass is 10.1. The molecular formula is C25H24N2O6S. The molecule has 176 valence electrons. The van der Waals surface area contributed by atoms with E-state index in [2.05, 4.69) is 10.6 Å². The molecule has 2 amide bonds. The summed E-state index contributed by atoms with van der Waals surface area (Å²) < 4.78 is 21.6. The summed E-state index contributed by atoms with van der Waals surface area (Å²) in [6, 6.07) is 17.7. The van der Waals surface area contributed by atoms with E-state index in [0.717, 1.165) is 4.90 Å². The number of thioether (sulfide) groups is 1. The van der Waals surface area contributed by atoms with Crippen molar-refractivity contribution in [2.45, 2.75) is 4.90 Å². The molecule has 1 aliphatic heterocycles. The minimum Gasteiger partial charge on any atom is -0.496 e. The largest absolute Gasteiger partial charge is 0.496 e. The molecule has 2 N–H and O–H groups in total. The maximum Gasteiger partial charge on any atom is 0.263 e. The molecule has 1 aliphatic rings. The van der Waals surface area contributed by atoms with Gasteiger partial charge in [0.25, 0.3) is 5.91 Å². The summed E-state index contributed by atoms with van der Waals surface area (Å²) in [5.41, 5.74) is 1.59. The SMILES string of the molecule is COc1cccc(OC)c1C(=O)Nc1ccc(SCC(=O)Nc2ccc3c(c2)OCCO3)cc1. The average Bonchev–Trinajstić information content (AvgIpc) is 2.87. The first-order chi connectivity index (χ1) is 16.6. The van der Waals surface area contributed by atoms with E-state index >= 15 is 0 Å². The molecule has 1 heterocycles. The van der Waals surface area contributed by atoms with E-state index in [-0.39, 0.29) is 17.6 Å². The lowest BCUT2D eigenvalue weighted by molar-refractivity contribution is -0.113. The lowest BCUT2D eigenvalue weighted by Crippen LogP contribution is -2.17. The van der Waals surface area contributed by atoms with Crippen LogP contribution in [-0.2, 0) is 4.79 Å². The number of carbonyl (C=O) groups is 2. The van der Waals surface area contributed by atoms with E-state index < -0.39 is 0 Å². The third-order valence-corrected chi connectivity index (χ3v) is 5.97. The zero-order valence-corrected chi connectivity index (χ0v) is 19.6. The average molecular weight is 481 g/mol. The Kier molecular flexibility index (Phi) is 7.44. The smallest absolute Gasteiger partial charge is 0.263 e. The zero-order chi connectivity index (χ0) is 23.9. The Morgan fingerprint density at radius 2 is 1.50 bits per heavy atom. The minimum absolute atomic E-state index is 0.137. The number of anilines is 2. The molecule has 0 unspecified atom stereocenters. The standard InChI is InChI=1S/C25H24N2O6S/c1-30-20-4-3-5-21(31-2)24(20)25(29)27-16-6-9-18(10-7-16)34-15-23(28)26-17-8-11-19-22(14-17)33-13-12-32-19/h3-11,14H,12-13,15H2,1-2H3,(H,26,28)(H,27,29). The van der Waals surface area contributed by atoms with E-state index in [1.165, 1.54) is 26.0 Å². The Hall–Kier alpha value is -3.85. The third-order valence-electron chi connectivity index (χ3n) is 4.96. The molecule has 8 nitrogen and oxygen atoms in total. The van der Waals surface area contributed by atoms with Gasteiger partial charge >= 0.3 is 0 Å². The number of methoxy groups -OCH3 is 2. The summed E-state index contributed by atoms with van der Waals surface area (Å²) in [4.78, 5) is 26.0. The first-order valence-electron chi connectivity index (χ1n) is 10.5. The van der Waals surface area contributed by atoms with Crippen molar-refractivity contribution in [2.24, 2.45) is 0 Å². The highest BCUT2D eigenvalue weighted by Gasteiger charge is 2.18. The van der Waals surface area contributed by atoms with Gasteiger partial charge in [0.05, 0.1) is 20.0 Å². The van der Waals surface area contributed by atoms with Gasteiger partial charge < -0.3 is 29.6 Å². The van der Waals surface area contributed by atoms with Crippen molar-refractivity contribution in [3.63, 3.8) is 0 Å². The van der Waals surface area contributed by atoms with Crippen LogP contribution in [0.3, 0.4) is 0 Å². The van der Waals surface area contributed by atoms with Crippen molar-refractivity contribution in [2.75, 3.05) is 43.8 Å². The van der Waals surface area contributed by atoms with E-state index in [9.17, 15) is 9.59 Å². The number of rotatable bonds is 8. The van der Waals surface area contributed by atoms with Crippen LogP contribution in [-0.4, -0.2) is 45.0 Å². The fraction of sp³-hybridized carbons (Fsp3) is 0.200. The molecule has 0 aromatic heterocycles. The van der Waals surface area contributed by atoms with Crippen LogP contribution in [0.5, 0.6) is 23.0 Å². The molecule has 0 atom stereocenters. The second-order valence-corrected chi connectivity index (χ2v) is 8.26. The molecule has 0 spiro atoms. The van der Waals surface area contributed by atoms with Gasteiger partial charge in [0.2, 0.25) is 5.91 Å². The Morgan fingerprint density at radius 1 is 0.853 bits per heavy atom. The van der Waals surface area contributed by atoms with Gasteiger partial charge in [-0.1, -0.05) is 6.07 Å². The first kappa shape index (κ1) is 23.3. The number of benzene rings is 3. The maximum atomic E-state index is 12.8. The first-order valence-corrected chi connectivity index (χ1v) is 11.5. The predicted octanol–water partition coefficient (Wildman–Crippen LogP) is 4.46. The Bertz CT molecular complexity index is 1160. The fourth-order valence-electron chi connectivity index (χ4n) is 3.37. The van der Waals surface area contributed by atoms with Crippen molar-refractivity contribution in [1.82, 2.24) is 0 Å². The zero-order valence-electron chi connectivity index (χ0n) is 18.8. The Balaban J connectivity index is 1.32. The van der Waals surface area contributed by atoms with Crippen LogP contribution in [0.25, 0.3) is 0 Å². The summed E-state index contributed by atoms with van der Waals surface area (Å²) in [7, 11) is 3.00. The monoisotopic (exact) mass is 480 g/mol. The molecule has 0 saturated carbocycles. The molecule has 0 bridgehead atoms. The predicted molar refractivity (Wildman–Crippen MR) is 131 cm³/mol. The molecule has 3 aromatic rings. The second kappa shape index (κ2) is 10.8. The molecular weight excluding hydrogens is 456 g/mol. The van der Waals surface area contributed by atoms with E-state index in [0.29, 0.717) is 53.2 Å². The van der Waals surface area contributed by atoms with Gasteiger partial charge in [0, 0.05) is 22.3 Å². The van der Waals surface area contributed by atoms with Crippen LogP contribution in [0, 0.1) is 0 Å². The molecule has 9 heteroatoms. The molecule has 0 fully saturated rings. The molecule has 0 aliphatic carbocycles. The van der Waals surface area contributed by atoms with Crippen LogP contribution in [0.1, 0.15) is 10.4 Å². The number of hydrogen-bond acceptors (Lipinski definition) is 7. The van der Waals surface area contributed by atoms with Crippen molar-refractivity contribution >= 4 is 35.0 Å². The number of carbonyl (C=O) groups excluding carboxylic acids is 2. The van der Waals surface area contributed by atoms with Crippen LogP contribution in [0.15, 0.2) is 65.6 Å². The molecule has 0 radical (unpaired) electrons. The summed E-state index contributed by atoms with van der Waals surface area (Å²) >= 11 is 1.39. The molecule has 0 saturated heterocycles. The summed E-state index contributed by atoms with van der Waals surface area (Å²) in [6.45, 7) is 1.01. The van der Waals surface area contributed by atoms with Crippen LogP contribution in [0.4, 0.5) is 11.4 Å². The van der Waals surface area contributed by atoms with Gasteiger partial charge in [-0.3, -0.25) is 9.59 Å². The highest BCUT2D eigenvalue weighted by Crippen LogP contribution is 2.33. The van der Waals surface area contributed by atoms with Crippen molar-refractivity contribution in [1.29, 1.82) is 0 Å². The highest BCUT2D eigenvalue weighted by atomic mass is 32.2. The summed E-state index contributed by atoms with van der Waals surface area (Å²) in [5, 5.41) is 5.71. The number of nitrogens with one attached hydrogen (secondary N) is 2. The molecule has 3 aromatic carbocycles. The van der Waals surface area contributed by atoms with Gasteiger partial charge in [-0.05, 0) is 48.5 Å². The van der Waals surface area contributed by atoms with Crippen LogP contribution in [0.2, 0.25) is 0 Å². The number of hydrogen-bond donors (Lipinski definition) is 2. The van der Waals surface area contributed by atoms with Crippen LogP contribution >= 0.6 is 11.8 Å². The van der Waals surface area contributed by atoms with Gasteiger partial charge in [0.1, 0.15) is 30.3 Å². The Labute approximate surface area is 201 Å². The van der Waals surface area contributed by atoms with Crippen molar-refractivity contribution in [3.8, 4) is 23.0 Å². The number of ether oxygens (including phenoxy) is 4. The Morgan fingerprint density at radius 3 is 2.18 bits per heavy atom.